The predicted octanol–water partition coefficient (Wildman–Crippen LogP) is 5.13. The summed E-state index contributed by atoms with van der Waals surface area (Å²) in [5.41, 5.74) is 1.29. The van der Waals surface area contributed by atoms with Crippen LogP contribution in [0.2, 0.25) is 0 Å². The summed E-state index contributed by atoms with van der Waals surface area (Å²) in [7, 11) is 0. The molecule has 0 aliphatic heterocycles. The Bertz CT molecular complexity index is 825. The smallest absolute Gasteiger partial charge is 0.344 e. The molecule has 0 spiro atoms. The van der Waals surface area contributed by atoms with Crippen molar-refractivity contribution < 1.29 is 18.8 Å². The molecule has 134 valence electrons. The van der Waals surface area contributed by atoms with E-state index < -0.39 is 5.97 Å². The van der Waals surface area contributed by atoms with Crippen LogP contribution in [0.25, 0.3) is 11.3 Å². The minimum absolute atomic E-state index is 0.133. The number of aromatic nitrogens is 1. The van der Waals surface area contributed by atoms with Crippen molar-refractivity contribution in [3.8, 4) is 23.0 Å². The third kappa shape index (κ3) is 4.72. The highest BCUT2D eigenvalue weighted by Gasteiger charge is 2.13. The Morgan fingerprint density at radius 2 is 1.81 bits per heavy atom. The molecule has 0 saturated carbocycles. The molecule has 26 heavy (non-hydrogen) atoms. The molecular formula is C21H21NO4. The molecule has 1 heterocycles. The molecule has 0 unspecified atom stereocenters. The Morgan fingerprint density at radius 3 is 2.54 bits per heavy atom. The Balaban J connectivity index is 1.59. The standard InChI is InChI=1S/C21H21NO4/c1-2-3-7-14-24-18-12-10-16(11-13-18)19-15-20(22-26-19)25-21(23)17-8-5-4-6-9-17/h4-6,8-13,15H,2-3,7,14H2,1H3. The monoisotopic (exact) mass is 351 g/mol. The lowest BCUT2D eigenvalue weighted by Gasteiger charge is -2.05. The number of unbranched alkanes of at least 4 members (excludes halogenated alkanes) is 2. The molecule has 0 radical (unpaired) electrons. The molecule has 0 amide bonds. The van der Waals surface area contributed by atoms with Crippen LogP contribution in [0.4, 0.5) is 0 Å². The first kappa shape index (κ1) is 17.7. The summed E-state index contributed by atoms with van der Waals surface area (Å²) >= 11 is 0. The first-order valence-electron chi connectivity index (χ1n) is 8.73. The van der Waals surface area contributed by atoms with Crippen LogP contribution in [0.3, 0.4) is 0 Å². The van der Waals surface area contributed by atoms with Gasteiger partial charge in [-0.25, -0.2) is 4.79 Å². The van der Waals surface area contributed by atoms with E-state index in [2.05, 4.69) is 12.1 Å². The van der Waals surface area contributed by atoms with Crippen molar-refractivity contribution in [2.45, 2.75) is 26.2 Å². The van der Waals surface area contributed by atoms with Gasteiger partial charge in [-0.15, -0.1) is 0 Å². The summed E-state index contributed by atoms with van der Waals surface area (Å²) < 4.78 is 16.2. The van der Waals surface area contributed by atoms with Crippen LogP contribution in [0.15, 0.2) is 65.2 Å². The number of hydrogen-bond donors (Lipinski definition) is 0. The average Bonchev–Trinajstić information content (AvgIpc) is 3.15. The molecule has 0 atom stereocenters. The van der Waals surface area contributed by atoms with Gasteiger partial charge in [0.25, 0.3) is 5.88 Å². The SMILES string of the molecule is CCCCCOc1ccc(-c2cc(OC(=O)c3ccccc3)no2)cc1. The summed E-state index contributed by atoms with van der Waals surface area (Å²) in [6, 6.07) is 17.9. The van der Waals surface area contributed by atoms with Crippen molar-refractivity contribution in [2.24, 2.45) is 0 Å². The van der Waals surface area contributed by atoms with E-state index >= 15 is 0 Å². The third-order valence-corrected chi connectivity index (χ3v) is 3.85. The fraction of sp³-hybridized carbons (Fsp3) is 0.238. The van der Waals surface area contributed by atoms with Crippen molar-refractivity contribution in [1.82, 2.24) is 5.16 Å². The fourth-order valence-electron chi connectivity index (χ4n) is 2.43. The number of hydrogen-bond acceptors (Lipinski definition) is 5. The zero-order valence-electron chi connectivity index (χ0n) is 14.7. The number of ether oxygens (including phenoxy) is 2. The molecule has 0 bridgehead atoms. The quantitative estimate of drug-likeness (QED) is 0.416. The summed E-state index contributed by atoms with van der Waals surface area (Å²) in [4.78, 5) is 12.0. The maximum atomic E-state index is 12.0. The highest BCUT2D eigenvalue weighted by Crippen LogP contribution is 2.26. The maximum absolute atomic E-state index is 12.0. The molecule has 5 heteroatoms. The Kier molecular flexibility index (Phi) is 6.04. The van der Waals surface area contributed by atoms with E-state index in [4.69, 9.17) is 14.0 Å². The minimum Gasteiger partial charge on any atom is -0.494 e. The van der Waals surface area contributed by atoms with Gasteiger partial charge in [0.05, 0.1) is 18.2 Å². The van der Waals surface area contributed by atoms with Crippen LogP contribution in [0, 0.1) is 0 Å². The van der Waals surface area contributed by atoms with Gasteiger partial charge >= 0.3 is 5.97 Å². The first-order chi connectivity index (χ1) is 12.8. The second-order valence-corrected chi connectivity index (χ2v) is 5.86. The number of benzene rings is 2. The molecule has 1 aromatic heterocycles. The number of esters is 1. The van der Waals surface area contributed by atoms with Gasteiger partial charge in [-0.2, -0.15) is 0 Å². The number of rotatable bonds is 8. The van der Waals surface area contributed by atoms with E-state index in [1.165, 1.54) is 12.8 Å². The molecule has 5 nitrogen and oxygen atoms in total. The van der Waals surface area contributed by atoms with E-state index in [-0.39, 0.29) is 5.88 Å². The number of carbonyl (C=O) groups is 1. The summed E-state index contributed by atoms with van der Waals surface area (Å²) in [5.74, 6) is 1.01. The van der Waals surface area contributed by atoms with Crippen molar-refractivity contribution in [2.75, 3.05) is 6.61 Å². The number of nitrogens with zero attached hydrogens (tertiary/aromatic N) is 1. The second kappa shape index (κ2) is 8.85. The molecular weight excluding hydrogens is 330 g/mol. The van der Waals surface area contributed by atoms with Crippen molar-refractivity contribution in [1.29, 1.82) is 0 Å². The highest BCUT2D eigenvalue weighted by atomic mass is 16.6. The van der Waals surface area contributed by atoms with Gasteiger partial charge in [0.2, 0.25) is 0 Å². The van der Waals surface area contributed by atoms with Gasteiger partial charge in [0, 0.05) is 5.56 Å². The average molecular weight is 351 g/mol. The van der Waals surface area contributed by atoms with Gasteiger partial charge in [-0.3, -0.25) is 0 Å². The largest absolute Gasteiger partial charge is 0.494 e. The van der Waals surface area contributed by atoms with Gasteiger partial charge in [-0.05, 0) is 48.0 Å². The summed E-state index contributed by atoms with van der Waals surface area (Å²) in [6.45, 7) is 2.88. The summed E-state index contributed by atoms with van der Waals surface area (Å²) in [6.07, 6.45) is 3.39. The molecule has 0 fully saturated rings. The maximum Gasteiger partial charge on any atom is 0.344 e. The van der Waals surface area contributed by atoms with Crippen molar-refractivity contribution in [3.63, 3.8) is 0 Å². The van der Waals surface area contributed by atoms with E-state index in [9.17, 15) is 4.79 Å². The van der Waals surface area contributed by atoms with Gasteiger partial charge < -0.3 is 14.0 Å². The van der Waals surface area contributed by atoms with Gasteiger partial charge in [0.15, 0.2) is 5.76 Å². The normalized spacial score (nSPS) is 10.5. The predicted molar refractivity (Wildman–Crippen MR) is 98.4 cm³/mol. The zero-order valence-corrected chi connectivity index (χ0v) is 14.7. The lowest BCUT2D eigenvalue weighted by Crippen LogP contribution is -2.08. The van der Waals surface area contributed by atoms with E-state index in [0.717, 1.165) is 24.3 Å². The molecule has 2 aromatic carbocycles. The molecule has 3 aromatic rings. The van der Waals surface area contributed by atoms with Crippen molar-refractivity contribution in [3.05, 3.63) is 66.2 Å². The molecule has 0 aliphatic rings. The molecule has 0 saturated heterocycles. The third-order valence-electron chi connectivity index (χ3n) is 3.85. The molecule has 3 rings (SSSR count). The van der Waals surface area contributed by atoms with Crippen molar-refractivity contribution >= 4 is 5.97 Å². The Labute approximate surface area is 152 Å². The van der Waals surface area contributed by atoms with Crippen LogP contribution in [-0.2, 0) is 0 Å². The Hall–Kier alpha value is -3.08. The van der Waals surface area contributed by atoms with Crippen LogP contribution in [0.1, 0.15) is 36.5 Å². The zero-order chi connectivity index (χ0) is 18.2. The lowest BCUT2D eigenvalue weighted by atomic mass is 10.1. The van der Waals surface area contributed by atoms with Crippen LogP contribution >= 0.6 is 0 Å². The first-order valence-corrected chi connectivity index (χ1v) is 8.73. The van der Waals surface area contributed by atoms with Crippen LogP contribution in [0.5, 0.6) is 11.6 Å². The van der Waals surface area contributed by atoms with E-state index in [0.29, 0.717) is 11.3 Å². The Morgan fingerprint density at radius 1 is 1.04 bits per heavy atom. The van der Waals surface area contributed by atoms with Gasteiger partial charge in [0.1, 0.15) is 5.75 Å². The van der Waals surface area contributed by atoms with Crippen LogP contribution < -0.4 is 9.47 Å². The van der Waals surface area contributed by atoms with E-state index in [1.54, 1.807) is 30.3 Å². The molecule has 0 aliphatic carbocycles. The molecule has 0 N–H and O–H groups in total. The van der Waals surface area contributed by atoms with Crippen LogP contribution in [-0.4, -0.2) is 17.7 Å². The van der Waals surface area contributed by atoms with E-state index in [1.807, 2.05) is 30.3 Å². The lowest BCUT2D eigenvalue weighted by molar-refractivity contribution is 0.0721. The fourth-order valence-corrected chi connectivity index (χ4v) is 2.43. The second-order valence-electron chi connectivity index (χ2n) is 5.86. The van der Waals surface area contributed by atoms with Gasteiger partial charge in [-0.1, -0.05) is 38.0 Å². The number of carbonyl (C=O) groups excluding carboxylic acids is 1. The minimum atomic E-state index is -0.471. The highest BCUT2D eigenvalue weighted by molar-refractivity contribution is 5.90. The topological polar surface area (TPSA) is 61.6 Å². The summed E-state index contributed by atoms with van der Waals surface area (Å²) in [5, 5.41) is 3.80.